The molecule has 19 heavy (non-hydrogen) atoms. The molecule has 0 aliphatic carbocycles. The Bertz CT molecular complexity index is 562. The summed E-state index contributed by atoms with van der Waals surface area (Å²) >= 11 is 0. The van der Waals surface area contributed by atoms with Crippen molar-refractivity contribution in [2.45, 2.75) is 33.8 Å². The highest BCUT2D eigenvalue weighted by Gasteiger charge is 2.10. The van der Waals surface area contributed by atoms with Crippen LogP contribution in [0.15, 0.2) is 30.3 Å². The van der Waals surface area contributed by atoms with E-state index in [4.69, 9.17) is 4.74 Å². The maximum atomic E-state index is 9.43. The Morgan fingerprint density at radius 3 is 2.42 bits per heavy atom. The molecular weight excluding hydrogens is 238 g/mol. The van der Waals surface area contributed by atoms with E-state index in [0.717, 1.165) is 29.0 Å². The highest BCUT2D eigenvalue weighted by atomic mass is 16.5. The Morgan fingerprint density at radius 1 is 1.16 bits per heavy atom. The maximum Gasteiger partial charge on any atom is 0.225 e. The lowest BCUT2D eigenvalue weighted by Crippen LogP contribution is -1.99. The van der Waals surface area contributed by atoms with Gasteiger partial charge in [0, 0.05) is 11.3 Å². The van der Waals surface area contributed by atoms with Gasteiger partial charge in [-0.15, -0.1) is 0 Å². The number of ether oxygens (including phenoxy) is 1. The Balaban J connectivity index is 2.31. The van der Waals surface area contributed by atoms with E-state index in [1.807, 2.05) is 44.2 Å². The number of hydrogen-bond acceptors (Lipinski definition) is 3. The number of aromatic nitrogens is 1. The fraction of sp³-hybridized carbons (Fsp3) is 0.312. The molecule has 2 rings (SSSR count). The van der Waals surface area contributed by atoms with E-state index in [2.05, 4.69) is 11.9 Å². The van der Waals surface area contributed by atoms with Crippen molar-refractivity contribution < 1.29 is 9.84 Å². The van der Waals surface area contributed by atoms with Gasteiger partial charge in [-0.25, -0.2) is 4.98 Å². The molecule has 0 amide bonds. The van der Waals surface area contributed by atoms with Crippen LogP contribution in [0.4, 0.5) is 0 Å². The van der Waals surface area contributed by atoms with Crippen molar-refractivity contribution >= 4 is 0 Å². The molecule has 1 heterocycles. The first-order chi connectivity index (χ1) is 9.13. The quantitative estimate of drug-likeness (QED) is 0.910. The topological polar surface area (TPSA) is 42.4 Å². The van der Waals surface area contributed by atoms with Gasteiger partial charge in [0.2, 0.25) is 5.88 Å². The van der Waals surface area contributed by atoms with Crippen molar-refractivity contribution in [3.63, 3.8) is 0 Å². The number of aliphatic hydroxyl groups is 1. The molecule has 1 N–H and O–H groups in total. The molecule has 2 aromatic rings. The highest BCUT2D eigenvalue weighted by molar-refractivity contribution is 5.39. The predicted octanol–water partition coefficient (Wildman–Crippen LogP) is 3.55. The summed E-state index contributed by atoms with van der Waals surface area (Å²) < 4.78 is 5.79. The lowest BCUT2D eigenvalue weighted by atomic mass is 10.1. The fourth-order valence-corrected chi connectivity index (χ4v) is 2.01. The van der Waals surface area contributed by atoms with Crippen molar-refractivity contribution in [1.82, 2.24) is 4.98 Å². The number of aliphatic hydroxyl groups excluding tert-OH is 1. The lowest BCUT2D eigenvalue weighted by molar-refractivity contribution is 0.274. The van der Waals surface area contributed by atoms with E-state index in [0.29, 0.717) is 5.88 Å². The van der Waals surface area contributed by atoms with Crippen molar-refractivity contribution in [3.8, 4) is 11.6 Å². The van der Waals surface area contributed by atoms with Crippen LogP contribution in [-0.2, 0) is 13.0 Å². The number of hydrogen-bond donors (Lipinski definition) is 1. The van der Waals surface area contributed by atoms with Gasteiger partial charge in [-0.05, 0) is 49.6 Å². The standard InChI is InChI=1S/C16H19NO2/c1-4-13-5-7-14(8-6-13)19-16-15(10-18)11(2)9-12(3)17-16/h5-9,18H,4,10H2,1-3H3. The molecule has 0 spiro atoms. The first-order valence-corrected chi connectivity index (χ1v) is 6.48. The van der Waals surface area contributed by atoms with Crippen LogP contribution >= 0.6 is 0 Å². The lowest BCUT2D eigenvalue weighted by Gasteiger charge is -2.12. The number of pyridine rings is 1. The second kappa shape index (κ2) is 5.85. The van der Waals surface area contributed by atoms with Crippen LogP contribution in [0.3, 0.4) is 0 Å². The van der Waals surface area contributed by atoms with Crippen molar-refractivity contribution in [2.75, 3.05) is 0 Å². The Kier molecular flexibility index (Phi) is 4.17. The smallest absolute Gasteiger partial charge is 0.225 e. The van der Waals surface area contributed by atoms with Gasteiger partial charge in [0.05, 0.1) is 6.61 Å². The molecule has 1 aromatic heterocycles. The largest absolute Gasteiger partial charge is 0.439 e. The Labute approximate surface area is 113 Å². The highest BCUT2D eigenvalue weighted by Crippen LogP contribution is 2.26. The summed E-state index contributed by atoms with van der Waals surface area (Å²) in [5.74, 6) is 1.23. The zero-order valence-electron chi connectivity index (χ0n) is 11.6. The van der Waals surface area contributed by atoms with E-state index < -0.39 is 0 Å². The van der Waals surface area contributed by atoms with Crippen LogP contribution in [0.1, 0.15) is 29.3 Å². The molecule has 0 saturated carbocycles. The van der Waals surface area contributed by atoms with Gasteiger partial charge in [0.1, 0.15) is 5.75 Å². The number of nitrogens with zero attached hydrogens (tertiary/aromatic N) is 1. The minimum Gasteiger partial charge on any atom is -0.439 e. The summed E-state index contributed by atoms with van der Waals surface area (Å²) in [6.07, 6.45) is 1.00. The molecule has 0 saturated heterocycles. The summed E-state index contributed by atoms with van der Waals surface area (Å²) in [4.78, 5) is 4.36. The third-order valence-electron chi connectivity index (χ3n) is 3.14. The molecule has 0 aliphatic rings. The SMILES string of the molecule is CCc1ccc(Oc2nc(C)cc(C)c2CO)cc1. The molecule has 0 aliphatic heterocycles. The average Bonchev–Trinajstić information content (AvgIpc) is 2.39. The average molecular weight is 257 g/mol. The van der Waals surface area contributed by atoms with Gasteiger partial charge in [-0.3, -0.25) is 0 Å². The molecule has 0 bridgehead atoms. The van der Waals surface area contributed by atoms with Crippen molar-refractivity contribution in [2.24, 2.45) is 0 Å². The van der Waals surface area contributed by atoms with E-state index in [1.54, 1.807) is 0 Å². The minimum absolute atomic E-state index is 0.0680. The van der Waals surface area contributed by atoms with Gasteiger partial charge < -0.3 is 9.84 Å². The van der Waals surface area contributed by atoms with Gasteiger partial charge in [-0.2, -0.15) is 0 Å². The number of aryl methyl sites for hydroxylation is 3. The van der Waals surface area contributed by atoms with E-state index in [1.165, 1.54) is 5.56 Å². The second-order valence-electron chi connectivity index (χ2n) is 4.62. The third kappa shape index (κ3) is 3.12. The zero-order chi connectivity index (χ0) is 13.8. The van der Waals surface area contributed by atoms with Crippen LogP contribution in [0, 0.1) is 13.8 Å². The molecular formula is C16H19NO2. The summed E-state index contributed by atoms with van der Waals surface area (Å²) in [7, 11) is 0. The summed E-state index contributed by atoms with van der Waals surface area (Å²) in [6.45, 7) is 5.92. The number of benzene rings is 1. The molecule has 0 radical (unpaired) electrons. The summed E-state index contributed by atoms with van der Waals surface area (Å²) in [5, 5.41) is 9.43. The first kappa shape index (κ1) is 13.6. The Morgan fingerprint density at radius 2 is 1.84 bits per heavy atom. The first-order valence-electron chi connectivity index (χ1n) is 6.48. The van der Waals surface area contributed by atoms with E-state index in [-0.39, 0.29) is 6.61 Å². The minimum atomic E-state index is -0.0680. The van der Waals surface area contributed by atoms with Crippen molar-refractivity contribution in [1.29, 1.82) is 0 Å². The molecule has 0 fully saturated rings. The van der Waals surface area contributed by atoms with E-state index >= 15 is 0 Å². The monoisotopic (exact) mass is 257 g/mol. The van der Waals surface area contributed by atoms with E-state index in [9.17, 15) is 5.11 Å². The second-order valence-corrected chi connectivity index (χ2v) is 4.62. The van der Waals surface area contributed by atoms with Gasteiger partial charge in [-0.1, -0.05) is 19.1 Å². The normalized spacial score (nSPS) is 10.5. The van der Waals surface area contributed by atoms with Crippen LogP contribution < -0.4 is 4.74 Å². The maximum absolute atomic E-state index is 9.43. The molecule has 3 heteroatoms. The fourth-order valence-electron chi connectivity index (χ4n) is 2.01. The molecule has 0 atom stereocenters. The molecule has 1 aromatic carbocycles. The molecule has 100 valence electrons. The molecule has 3 nitrogen and oxygen atoms in total. The zero-order valence-corrected chi connectivity index (χ0v) is 11.6. The number of rotatable bonds is 4. The Hall–Kier alpha value is -1.87. The van der Waals surface area contributed by atoms with Gasteiger partial charge in [0.25, 0.3) is 0 Å². The van der Waals surface area contributed by atoms with Gasteiger partial charge >= 0.3 is 0 Å². The van der Waals surface area contributed by atoms with Crippen LogP contribution in [0.5, 0.6) is 11.6 Å². The van der Waals surface area contributed by atoms with Crippen LogP contribution in [0.2, 0.25) is 0 Å². The predicted molar refractivity (Wildman–Crippen MR) is 75.5 cm³/mol. The third-order valence-corrected chi connectivity index (χ3v) is 3.14. The molecule has 0 unspecified atom stereocenters. The van der Waals surface area contributed by atoms with Gasteiger partial charge in [0.15, 0.2) is 0 Å². The summed E-state index contributed by atoms with van der Waals surface area (Å²) in [6, 6.07) is 9.88. The van der Waals surface area contributed by atoms with Crippen LogP contribution in [0.25, 0.3) is 0 Å². The van der Waals surface area contributed by atoms with Crippen molar-refractivity contribution in [3.05, 3.63) is 52.7 Å². The summed E-state index contributed by atoms with van der Waals surface area (Å²) in [5.41, 5.74) is 3.89. The van der Waals surface area contributed by atoms with Crippen LogP contribution in [-0.4, -0.2) is 10.1 Å².